The largest absolute Gasteiger partial charge is 0.384 e. The van der Waals surface area contributed by atoms with Crippen LogP contribution in [0.15, 0.2) is 18.2 Å². The van der Waals surface area contributed by atoms with Gasteiger partial charge in [-0.25, -0.2) is 0 Å². The van der Waals surface area contributed by atoms with E-state index in [-0.39, 0.29) is 5.91 Å². The van der Waals surface area contributed by atoms with E-state index < -0.39 is 5.60 Å². The second-order valence-corrected chi connectivity index (χ2v) is 5.25. The van der Waals surface area contributed by atoms with Crippen molar-refractivity contribution in [2.24, 2.45) is 0 Å². The number of aryl methyl sites for hydroxylation is 1. The van der Waals surface area contributed by atoms with Crippen molar-refractivity contribution in [3.8, 4) is 0 Å². The highest BCUT2D eigenvalue weighted by Gasteiger charge is 2.34. The summed E-state index contributed by atoms with van der Waals surface area (Å²) in [6.45, 7) is 1.46. The number of carbonyl (C=O) groups is 1. The Bertz CT molecular complexity index is 493. The quantitative estimate of drug-likeness (QED) is 0.770. The number of nitrogens with one attached hydrogen (secondary N) is 1. The lowest BCUT2D eigenvalue weighted by Crippen LogP contribution is -2.32. The fourth-order valence-corrected chi connectivity index (χ4v) is 2.87. The molecule has 2 N–H and O–H groups in total. The second-order valence-electron chi connectivity index (χ2n) is 5.25. The monoisotopic (exact) mass is 246 g/mol. The van der Waals surface area contributed by atoms with E-state index in [1.807, 2.05) is 19.2 Å². The van der Waals surface area contributed by atoms with Gasteiger partial charge in [0.25, 0.3) is 0 Å². The van der Waals surface area contributed by atoms with Gasteiger partial charge in [-0.1, -0.05) is 12.1 Å². The van der Waals surface area contributed by atoms with Crippen LogP contribution in [0.1, 0.15) is 24.0 Å². The number of carbonyl (C=O) groups excluding carboxylic acids is 1. The molecule has 1 amide bonds. The maximum absolute atomic E-state index is 11.6. The van der Waals surface area contributed by atoms with Gasteiger partial charge in [0.05, 0.1) is 0 Å². The third-order valence-corrected chi connectivity index (χ3v) is 4.09. The summed E-state index contributed by atoms with van der Waals surface area (Å²) >= 11 is 0. The van der Waals surface area contributed by atoms with E-state index in [2.05, 4.69) is 11.4 Å². The first-order chi connectivity index (χ1) is 8.60. The molecule has 0 radical (unpaired) electrons. The molecule has 4 nitrogen and oxygen atoms in total. The Morgan fingerprint density at radius 3 is 2.94 bits per heavy atom. The van der Waals surface area contributed by atoms with Gasteiger partial charge in [-0.15, -0.1) is 0 Å². The molecule has 2 aliphatic heterocycles. The van der Waals surface area contributed by atoms with Gasteiger partial charge in [-0.05, 0) is 36.6 Å². The molecule has 1 saturated heterocycles. The molecule has 0 saturated carbocycles. The van der Waals surface area contributed by atoms with Crippen LogP contribution in [-0.2, 0) is 16.8 Å². The van der Waals surface area contributed by atoms with Crippen molar-refractivity contribution < 1.29 is 9.90 Å². The second kappa shape index (κ2) is 4.07. The highest BCUT2D eigenvalue weighted by atomic mass is 16.3. The third kappa shape index (κ3) is 1.72. The van der Waals surface area contributed by atoms with E-state index in [1.165, 1.54) is 0 Å². The Labute approximate surface area is 107 Å². The predicted octanol–water partition coefficient (Wildman–Crippen LogP) is 0.776. The molecule has 0 aromatic heterocycles. The van der Waals surface area contributed by atoms with Crippen molar-refractivity contribution in [1.82, 2.24) is 5.32 Å². The van der Waals surface area contributed by atoms with Gasteiger partial charge in [0.2, 0.25) is 5.91 Å². The van der Waals surface area contributed by atoms with Gasteiger partial charge in [-0.2, -0.15) is 0 Å². The van der Waals surface area contributed by atoms with Crippen molar-refractivity contribution >= 4 is 11.6 Å². The summed E-state index contributed by atoms with van der Waals surface area (Å²) in [6, 6.07) is 5.96. The van der Waals surface area contributed by atoms with Crippen LogP contribution >= 0.6 is 0 Å². The van der Waals surface area contributed by atoms with Crippen LogP contribution in [0, 0.1) is 0 Å². The Balaban J connectivity index is 1.99. The molecule has 2 heterocycles. The molecule has 1 aromatic rings. The Hall–Kier alpha value is -1.39. The van der Waals surface area contributed by atoms with Gasteiger partial charge in [0.1, 0.15) is 5.60 Å². The number of fused-ring (bicyclic) bond motifs is 1. The SMILES string of the molecule is CN1C(=O)CCc2cc(C3(O)CCNC3)ccc21. The van der Waals surface area contributed by atoms with Crippen molar-refractivity contribution in [3.63, 3.8) is 0 Å². The van der Waals surface area contributed by atoms with Crippen LogP contribution in [-0.4, -0.2) is 31.2 Å². The Morgan fingerprint density at radius 1 is 1.39 bits per heavy atom. The minimum atomic E-state index is -0.741. The van der Waals surface area contributed by atoms with Gasteiger partial charge in [0.15, 0.2) is 0 Å². The summed E-state index contributed by atoms with van der Waals surface area (Å²) < 4.78 is 0. The summed E-state index contributed by atoms with van der Waals surface area (Å²) in [5, 5.41) is 13.7. The predicted molar refractivity (Wildman–Crippen MR) is 69.6 cm³/mol. The van der Waals surface area contributed by atoms with Crippen molar-refractivity contribution in [2.75, 3.05) is 25.0 Å². The minimum absolute atomic E-state index is 0.163. The lowest BCUT2D eigenvalue weighted by atomic mass is 9.89. The molecular formula is C14H18N2O2. The zero-order valence-corrected chi connectivity index (χ0v) is 10.6. The topological polar surface area (TPSA) is 52.6 Å². The zero-order chi connectivity index (χ0) is 12.8. The molecule has 96 valence electrons. The molecule has 1 fully saturated rings. The molecule has 3 rings (SSSR count). The lowest BCUT2D eigenvalue weighted by molar-refractivity contribution is -0.118. The molecule has 0 aliphatic carbocycles. The summed E-state index contributed by atoms with van der Waals surface area (Å²) in [5.41, 5.74) is 2.36. The highest BCUT2D eigenvalue weighted by molar-refractivity contribution is 5.95. The number of amides is 1. The molecule has 1 aromatic carbocycles. The number of anilines is 1. The van der Waals surface area contributed by atoms with E-state index in [1.54, 1.807) is 4.90 Å². The van der Waals surface area contributed by atoms with Gasteiger partial charge in [-0.3, -0.25) is 4.79 Å². The zero-order valence-electron chi connectivity index (χ0n) is 10.6. The van der Waals surface area contributed by atoms with Crippen LogP contribution in [0.2, 0.25) is 0 Å². The molecule has 2 aliphatic rings. The molecule has 0 bridgehead atoms. The fraction of sp³-hybridized carbons (Fsp3) is 0.500. The molecule has 1 atom stereocenters. The summed E-state index contributed by atoms with van der Waals surface area (Å²) in [4.78, 5) is 13.3. The smallest absolute Gasteiger partial charge is 0.227 e. The summed E-state index contributed by atoms with van der Waals surface area (Å²) in [5.74, 6) is 0.163. The van der Waals surface area contributed by atoms with Gasteiger partial charge < -0.3 is 15.3 Å². The van der Waals surface area contributed by atoms with E-state index >= 15 is 0 Å². The summed E-state index contributed by atoms with van der Waals surface area (Å²) in [6.07, 6.45) is 2.08. The lowest BCUT2D eigenvalue weighted by Gasteiger charge is -2.29. The highest BCUT2D eigenvalue weighted by Crippen LogP contribution is 2.33. The average molecular weight is 246 g/mol. The Kier molecular flexibility index (Phi) is 2.64. The molecule has 4 heteroatoms. The van der Waals surface area contributed by atoms with E-state index in [4.69, 9.17) is 0 Å². The third-order valence-electron chi connectivity index (χ3n) is 4.09. The normalized spacial score (nSPS) is 27.4. The van der Waals surface area contributed by atoms with Crippen LogP contribution < -0.4 is 10.2 Å². The van der Waals surface area contributed by atoms with Crippen LogP contribution in [0.25, 0.3) is 0 Å². The first-order valence-corrected chi connectivity index (χ1v) is 6.43. The fourth-order valence-electron chi connectivity index (χ4n) is 2.87. The number of hydrogen-bond donors (Lipinski definition) is 2. The van der Waals surface area contributed by atoms with Crippen LogP contribution in [0.4, 0.5) is 5.69 Å². The summed E-state index contributed by atoms with van der Waals surface area (Å²) in [7, 11) is 1.81. The van der Waals surface area contributed by atoms with Crippen LogP contribution in [0.3, 0.4) is 0 Å². The number of hydrogen-bond acceptors (Lipinski definition) is 3. The standard InChI is InChI=1S/C14H18N2O2/c1-16-12-4-3-11(14(18)6-7-15-9-14)8-10(12)2-5-13(16)17/h3-4,8,15,18H,2,5-7,9H2,1H3. The van der Waals surface area contributed by atoms with Crippen molar-refractivity contribution in [1.29, 1.82) is 0 Å². The van der Waals surface area contributed by atoms with Crippen molar-refractivity contribution in [3.05, 3.63) is 29.3 Å². The number of β-amino-alcohol motifs (C(OH)–C–C–N with tert-alkyl or cyclic N) is 1. The maximum atomic E-state index is 11.6. The number of nitrogens with zero attached hydrogens (tertiary/aromatic N) is 1. The molecule has 0 spiro atoms. The number of aliphatic hydroxyl groups is 1. The first-order valence-electron chi connectivity index (χ1n) is 6.43. The minimum Gasteiger partial charge on any atom is -0.384 e. The number of rotatable bonds is 1. The first kappa shape index (κ1) is 11.7. The van der Waals surface area contributed by atoms with E-state index in [0.29, 0.717) is 13.0 Å². The molecule has 1 unspecified atom stereocenters. The van der Waals surface area contributed by atoms with Crippen LogP contribution in [0.5, 0.6) is 0 Å². The maximum Gasteiger partial charge on any atom is 0.227 e. The number of benzene rings is 1. The van der Waals surface area contributed by atoms with Gasteiger partial charge >= 0.3 is 0 Å². The van der Waals surface area contributed by atoms with Gasteiger partial charge in [0, 0.05) is 25.7 Å². The van der Waals surface area contributed by atoms with Crippen molar-refractivity contribution in [2.45, 2.75) is 24.9 Å². The Morgan fingerprint density at radius 2 is 2.22 bits per heavy atom. The molecule has 18 heavy (non-hydrogen) atoms. The van der Waals surface area contributed by atoms with E-state index in [0.717, 1.165) is 36.2 Å². The molecular weight excluding hydrogens is 228 g/mol. The average Bonchev–Trinajstić information content (AvgIpc) is 2.82. The van der Waals surface area contributed by atoms with E-state index in [9.17, 15) is 9.90 Å².